The Morgan fingerprint density at radius 1 is 1.05 bits per heavy atom. The minimum absolute atomic E-state index is 0.0691. The van der Waals surface area contributed by atoms with Gasteiger partial charge in [0.1, 0.15) is 12.2 Å². The van der Waals surface area contributed by atoms with Crippen LogP contribution in [0.4, 0.5) is 0 Å². The van der Waals surface area contributed by atoms with Crippen molar-refractivity contribution in [3.63, 3.8) is 0 Å². The van der Waals surface area contributed by atoms with Crippen LogP contribution >= 0.6 is 0 Å². The van der Waals surface area contributed by atoms with Crippen LogP contribution in [0.1, 0.15) is 120 Å². The first-order valence-electron chi connectivity index (χ1n) is 15.4. The van der Waals surface area contributed by atoms with Crippen molar-refractivity contribution in [2.45, 2.75) is 132 Å². The second-order valence-electron chi connectivity index (χ2n) is 15.0. The summed E-state index contributed by atoms with van der Waals surface area (Å²) >= 11 is 0. The lowest BCUT2D eigenvalue weighted by Gasteiger charge is -2.58. The van der Waals surface area contributed by atoms with E-state index in [4.69, 9.17) is 9.47 Å². The van der Waals surface area contributed by atoms with Crippen molar-refractivity contribution in [3.8, 4) is 0 Å². The van der Waals surface area contributed by atoms with Crippen molar-refractivity contribution >= 4 is 11.9 Å². The summed E-state index contributed by atoms with van der Waals surface area (Å²) in [5.74, 6) is 3.40. The van der Waals surface area contributed by atoms with Gasteiger partial charge in [0.2, 0.25) is 0 Å². The Bertz CT molecular complexity index is 956. The van der Waals surface area contributed by atoms with Crippen LogP contribution in [0.3, 0.4) is 0 Å². The molecule has 0 aromatic heterocycles. The van der Waals surface area contributed by atoms with E-state index in [-0.39, 0.29) is 29.6 Å². The second kappa shape index (κ2) is 10.8. The molecule has 0 heterocycles. The van der Waals surface area contributed by atoms with Crippen molar-refractivity contribution in [3.05, 3.63) is 23.8 Å². The third kappa shape index (κ3) is 5.52. The highest BCUT2D eigenvalue weighted by atomic mass is 16.5. The van der Waals surface area contributed by atoms with E-state index >= 15 is 0 Å². The van der Waals surface area contributed by atoms with Crippen molar-refractivity contribution in [1.29, 1.82) is 0 Å². The lowest BCUT2D eigenvalue weighted by Crippen LogP contribution is -2.51. The zero-order valence-corrected chi connectivity index (χ0v) is 25.5. The van der Waals surface area contributed by atoms with Crippen LogP contribution in [-0.4, -0.2) is 24.1 Å². The molecular formula is C34H54O4. The maximum Gasteiger partial charge on any atom is 0.311 e. The number of hydrogen-bond acceptors (Lipinski definition) is 4. The summed E-state index contributed by atoms with van der Waals surface area (Å²) in [5.41, 5.74) is 2.70. The van der Waals surface area contributed by atoms with Gasteiger partial charge in [-0.15, -0.1) is 0 Å². The van der Waals surface area contributed by atoms with E-state index in [2.05, 4.69) is 33.4 Å². The molecule has 0 bridgehead atoms. The topological polar surface area (TPSA) is 52.6 Å². The van der Waals surface area contributed by atoms with Crippen LogP contribution in [0.2, 0.25) is 0 Å². The standard InChI is InChI=1S/C34H54O4/c1-21(2)30(38-31(36)32(5,6)7)15-10-22(3)27-13-14-28-26-12-11-24-20-25(37-23(4)35)16-18-33(24,8)29(26)17-19-34(27,28)9/h11,22,25-30H,1,10,12-20H2,2-9H3/t22-,25+,26+,27-,28+,29+,30-,33+,34-/m1/s1. The molecule has 0 spiro atoms. The third-order valence-corrected chi connectivity index (χ3v) is 11.4. The van der Waals surface area contributed by atoms with Gasteiger partial charge in [-0.2, -0.15) is 0 Å². The Hall–Kier alpha value is -1.58. The zero-order valence-electron chi connectivity index (χ0n) is 25.5. The number of carbonyl (C=O) groups excluding carboxylic acids is 2. The molecule has 0 radical (unpaired) electrons. The Morgan fingerprint density at radius 3 is 2.39 bits per heavy atom. The maximum atomic E-state index is 12.6. The number of allylic oxidation sites excluding steroid dienone is 1. The number of rotatable bonds is 7. The molecule has 3 saturated carbocycles. The SMILES string of the molecule is C=C(C)[C@@H](CC[C@@H](C)[C@H]1CC[C@H]2[C@@H]3CC=C4C[C@@H](OC(C)=O)CC[C@]4(C)[C@H]3CC[C@]12C)OC(=O)C(C)(C)C. The molecule has 38 heavy (non-hydrogen) atoms. The fourth-order valence-electron chi connectivity index (χ4n) is 9.27. The summed E-state index contributed by atoms with van der Waals surface area (Å²) in [7, 11) is 0. The largest absolute Gasteiger partial charge is 0.462 e. The summed E-state index contributed by atoms with van der Waals surface area (Å²) in [6.45, 7) is 21.0. The van der Waals surface area contributed by atoms with Crippen LogP contribution in [-0.2, 0) is 19.1 Å². The number of fused-ring (bicyclic) bond motifs is 5. The first-order valence-corrected chi connectivity index (χ1v) is 15.4. The van der Waals surface area contributed by atoms with Gasteiger partial charge in [0.15, 0.2) is 0 Å². The van der Waals surface area contributed by atoms with Crippen molar-refractivity contribution < 1.29 is 19.1 Å². The Balaban J connectivity index is 1.42. The number of hydrogen-bond donors (Lipinski definition) is 0. The highest BCUT2D eigenvalue weighted by Crippen LogP contribution is 2.67. The van der Waals surface area contributed by atoms with E-state index in [9.17, 15) is 9.59 Å². The van der Waals surface area contributed by atoms with E-state index in [1.54, 1.807) is 5.57 Å². The number of carbonyl (C=O) groups is 2. The third-order valence-electron chi connectivity index (χ3n) is 11.4. The highest BCUT2D eigenvalue weighted by molar-refractivity contribution is 5.75. The molecule has 4 aliphatic carbocycles. The molecule has 0 saturated heterocycles. The Kier molecular flexibility index (Phi) is 8.33. The molecule has 214 valence electrons. The van der Waals surface area contributed by atoms with Gasteiger partial charge < -0.3 is 9.47 Å². The van der Waals surface area contributed by atoms with E-state index in [0.29, 0.717) is 11.3 Å². The van der Waals surface area contributed by atoms with E-state index in [0.717, 1.165) is 61.3 Å². The lowest BCUT2D eigenvalue weighted by atomic mass is 9.47. The van der Waals surface area contributed by atoms with Gasteiger partial charge >= 0.3 is 11.9 Å². The Morgan fingerprint density at radius 2 is 1.76 bits per heavy atom. The summed E-state index contributed by atoms with van der Waals surface area (Å²) in [6.07, 6.45) is 14.0. The normalized spacial score (nSPS) is 38.1. The summed E-state index contributed by atoms with van der Waals surface area (Å²) < 4.78 is 11.5. The van der Waals surface area contributed by atoms with Crippen molar-refractivity contribution in [2.75, 3.05) is 0 Å². The lowest BCUT2D eigenvalue weighted by molar-refractivity contribution is -0.157. The first-order chi connectivity index (χ1) is 17.7. The maximum absolute atomic E-state index is 12.6. The molecule has 0 unspecified atom stereocenters. The van der Waals surface area contributed by atoms with Gasteiger partial charge in [-0.05, 0) is 131 Å². The minimum Gasteiger partial charge on any atom is -0.462 e. The molecule has 0 aromatic carbocycles. The van der Waals surface area contributed by atoms with Crippen molar-refractivity contribution in [2.24, 2.45) is 45.8 Å². The van der Waals surface area contributed by atoms with Gasteiger partial charge in [0.05, 0.1) is 5.41 Å². The summed E-state index contributed by atoms with van der Waals surface area (Å²) in [5, 5.41) is 0. The molecule has 0 aliphatic heterocycles. The fraction of sp³-hybridized carbons (Fsp3) is 0.824. The average Bonchev–Trinajstić information content (AvgIpc) is 3.17. The molecule has 4 aliphatic rings. The molecular weight excluding hydrogens is 472 g/mol. The molecule has 0 amide bonds. The quantitative estimate of drug-likeness (QED) is 0.247. The van der Waals surface area contributed by atoms with E-state index in [1.165, 1.54) is 39.0 Å². The van der Waals surface area contributed by atoms with Gasteiger partial charge in [-0.25, -0.2) is 0 Å². The number of esters is 2. The average molecular weight is 527 g/mol. The monoisotopic (exact) mass is 526 g/mol. The molecule has 0 aromatic rings. The molecule has 3 fully saturated rings. The second-order valence-corrected chi connectivity index (χ2v) is 15.0. The zero-order chi connectivity index (χ0) is 28.0. The van der Waals surface area contributed by atoms with Gasteiger partial charge in [-0.1, -0.05) is 39.0 Å². The van der Waals surface area contributed by atoms with Crippen LogP contribution in [0, 0.1) is 45.8 Å². The van der Waals surface area contributed by atoms with Gasteiger partial charge in [-0.3, -0.25) is 9.59 Å². The first kappa shape index (κ1) is 29.4. The molecule has 4 heteroatoms. The van der Waals surface area contributed by atoms with Crippen LogP contribution in [0.25, 0.3) is 0 Å². The molecule has 4 nitrogen and oxygen atoms in total. The Labute approximate surface area is 232 Å². The van der Waals surface area contributed by atoms with Crippen molar-refractivity contribution in [1.82, 2.24) is 0 Å². The van der Waals surface area contributed by atoms with Gasteiger partial charge in [0.25, 0.3) is 0 Å². The molecule has 0 N–H and O–H groups in total. The minimum atomic E-state index is -0.491. The fourth-order valence-corrected chi connectivity index (χ4v) is 9.27. The van der Waals surface area contributed by atoms with E-state index < -0.39 is 5.41 Å². The van der Waals surface area contributed by atoms with Crippen LogP contribution in [0.5, 0.6) is 0 Å². The number of ether oxygens (including phenoxy) is 2. The predicted octanol–water partition coefficient (Wildman–Crippen LogP) is 8.45. The summed E-state index contributed by atoms with van der Waals surface area (Å²) in [6, 6.07) is 0. The predicted molar refractivity (Wildman–Crippen MR) is 153 cm³/mol. The van der Waals surface area contributed by atoms with Gasteiger partial charge in [0, 0.05) is 13.3 Å². The summed E-state index contributed by atoms with van der Waals surface area (Å²) in [4.78, 5) is 24.1. The highest BCUT2D eigenvalue weighted by Gasteiger charge is 2.59. The molecule has 4 rings (SSSR count). The van der Waals surface area contributed by atoms with Crippen LogP contribution < -0.4 is 0 Å². The van der Waals surface area contributed by atoms with E-state index in [1.807, 2.05) is 27.7 Å². The van der Waals surface area contributed by atoms with Crippen LogP contribution in [0.15, 0.2) is 23.8 Å². The smallest absolute Gasteiger partial charge is 0.311 e. The molecule has 9 atom stereocenters.